The molecule has 10 heteroatoms. The first-order valence-electron chi connectivity index (χ1n) is 8.82. The Morgan fingerprint density at radius 2 is 1.87 bits per heavy atom. The lowest BCUT2D eigenvalue weighted by Crippen LogP contribution is -2.13. The minimum atomic E-state index is -4.44. The molecule has 0 unspecified atom stereocenters. The van der Waals surface area contributed by atoms with Crippen LogP contribution in [-0.2, 0) is 12.7 Å². The van der Waals surface area contributed by atoms with Crippen LogP contribution in [0.3, 0.4) is 0 Å². The van der Waals surface area contributed by atoms with Crippen molar-refractivity contribution in [3.05, 3.63) is 86.7 Å². The third-order valence-electron chi connectivity index (χ3n) is 4.53. The van der Waals surface area contributed by atoms with Gasteiger partial charge in [-0.15, -0.1) is 0 Å². The van der Waals surface area contributed by atoms with E-state index in [2.05, 4.69) is 10.4 Å². The number of carbonyl (C=O) groups is 1. The van der Waals surface area contributed by atoms with Gasteiger partial charge in [-0.2, -0.15) is 18.3 Å². The van der Waals surface area contributed by atoms with Crippen LogP contribution < -0.4 is 5.32 Å². The number of carbonyl (C=O) groups excluding carboxylic acids is 1. The Bertz CT molecular complexity index is 1120. The largest absolute Gasteiger partial charge is 0.416 e. The van der Waals surface area contributed by atoms with Crippen LogP contribution in [-0.4, -0.2) is 20.6 Å². The van der Waals surface area contributed by atoms with E-state index in [4.69, 9.17) is 0 Å². The molecule has 0 atom stereocenters. The van der Waals surface area contributed by atoms with Gasteiger partial charge in [0.25, 0.3) is 11.6 Å². The summed E-state index contributed by atoms with van der Waals surface area (Å²) in [5.41, 5.74) is 0.970. The van der Waals surface area contributed by atoms with Crippen LogP contribution in [0, 0.1) is 24.0 Å². The first-order valence-corrected chi connectivity index (χ1v) is 8.82. The van der Waals surface area contributed by atoms with Gasteiger partial charge in [-0.3, -0.25) is 19.6 Å². The maximum absolute atomic E-state index is 12.9. The lowest BCUT2D eigenvalue weighted by atomic mass is 10.1. The van der Waals surface area contributed by atoms with Crippen molar-refractivity contribution in [2.75, 3.05) is 5.32 Å². The zero-order chi connectivity index (χ0) is 22.1. The first kappa shape index (κ1) is 21.0. The van der Waals surface area contributed by atoms with Crippen LogP contribution in [0.4, 0.5) is 24.5 Å². The van der Waals surface area contributed by atoms with E-state index in [0.717, 1.165) is 18.2 Å². The van der Waals surface area contributed by atoms with E-state index in [1.165, 1.54) is 28.9 Å². The van der Waals surface area contributed by atoms with E-state index in [9.17, 15) is 28.1 Å². The second kappa shape index (κ2) is 7.97. The summed E-state index contributed by atoms with van der Waals surface area (Å²) < 4.78 is 40.3. The molecule has 2 aromatic carbocycles. The Morgan fingerprint density at radius 1 is 1.17 bits per heavy atom. The van der Waals surface area contributed by atoms with E-state index in [-0.39, 0.29) is 17.8 Å². The number of non-ortho nitro benzene ring substituents is 1. The van der Waals surface area contributed by atoms with E-state index in [0.29, 0.717) is 22.6 Å². The number of hydrogen-bond donors (Lipinski definition) is 1. The normalized spacial score (nSPS) is 11.4. The fraction of sp³-hybridized carbons (Fsp3) is 0.200. The van der Waals surface area contributed by atoms with Gasteiger partial charge in [0.05, 0.1) is 34.1 Å². The van der Waals surface area contributed by atoms with E-state index in [1.807, 2.05) is 0 Å². The van der Waals surface area contributed by atoms with Gasteiger partial charge < -0.3 is 5.32 Å². The highest BCUT2D eigenvalue weighted by Gasteiger charge is 2.30. The molecule has 3 rings (SSSR count). The first-order chi connectivity index (χ1) is 14.1. The van der Waals surface area contributed by atoms with Crippen LogP contribution in [0.5, 0.6) is 0 Å². The van der Waals surface area contributed by atoms with Gasteiger partial charge in [-0.1, -0.05) is 18.2 Å². The molecule has 0 fully saturated rings. The Kier molecular flexibility index (Phi) is 5.59. The number of hydrogen-bond acceptors (Lipinski definition) is 4. The number of nitrogens with one attached hydrogen (secondary N) is 1. The van der Waals surface area contributed by atoms with Crippen LogP contribution >= 0.6 is 0 Å². The number of nitro benzene ring substituents is 1. The molecular formula is C20H17F3N4O3. The van der Waals surface area contributed by atoms with Crippen LogP contribution in [0.15, 0.2) is 48.5 Å². The molecule has 156 valence electrons. The Morgan fingerprint density at radius 3 is 2.53 bits per heavy atom. The molecular weight excluding hydrogens is 401 g/mol. The Balaban J connectivity index is 1.83. The molecule has 7 nitrogen and oxygen atoms in total. The molecule has 1 N–H and O–H groups in total. The van der Waals surface area contributed by atoms with E-state index < -0.39 is 22.6 Å². The maximum atomic E-state index is 12.9. The average molecular weight is 418 g/mol. The third kappa shape index (κ3) is 4.48. The zero-order valence-corrected chi connectivity index (χ0v) is 16.0. The SMILES string of the molecule is Cc1nn(Cc2cccc(C(F)(F)F)c2)c(C)c1NC(=O)c1cccc([N+](=O)[O-])c1. The van der Waals surface area contributed by atoms with Crippen molar-refractivity contribution < 1.29 is 22.9 Å². The van der Waals surface area contributed by atoms with Gasteiger partial charge in [-0.05, 0) is 37.6 Å². The van der Waals surface area contributed by atoms with Gasteiger partial charge in [0.15, 0.2) is 0 Å². The fourth-order valence-electron chi connectivity index (χ4n) is 3.00. The highest BCUT2D eigenvalue weighted by atomic mass is 19.4. The number of halogens is 3. The van der Waals surface area contributed by atoms with E-state index >= 15 is 0 Å². The van der Waals surface area contributed by atoms with E-state index in [1.54, 1.807) is 19.9 Å². The quantitative estimate of drug-likeness (QED) is 0.479. The van der Waals surface area contributed by atoms with Crippen molar-refractivity contribution >= 4 is 17.3 Å². The van der Waals surface area contributed by atoms with Crippen molar-refractivity contribution in [1.82, 2.24) is 9.78 Å². The summed E-state index contributed by atoms with van der Waals surface area (Å²) in [5, 5.41) is 17.9. The Hall–Kier alpha value is -3.69. The predicted molar refractivity (Wildman–Crippen MR) is 103 cm³/mol. The van der Waals surface area contributed by atoms with Crippen molar-refractivity contribution in [2.24, 2.45) is 0 Å². The molecule has 3 aromatic rings. The standard InChI is InChI=1S/C20H17F3N4O3/c1-12-18(24-19(28)15-6-4-8-17(10-15)27(29)30)13(2)26(25-12)11-14-5-3-7-16(9-14)20(21,22)23/h3-10H,11H2,1-2H3,(H,24,28). The van der Waals surface area contributed by atoms with Crippen molar-refractivity contribution in [1.29, 1.82) is 0 Å². The van der Waals surface area contributed by atoms with Gasteiger partial charge in [0, 0.05) is 17.7 Å². The van der Waals surface area contributed by atoms with Crippen molar-refractivity contribution in [3.63, 3.8) is 0 Å². The van der Waals surface area contributed by atoms with Gasteiger partial charge in [-0.25, -0.2) is 0 Å². The van der Waals surface area contributed by atoms with Crippen LogP contribution in [0.1, 0.15) is 32.9 Å². The number of anilines is 1. The minimum Gasteiger partial charge on any atom is -0.319 e. The summed E-state index contributed by atoms with van der Waals surface area (Å²) in [6.07, 6.45) is -4.44. The number of amides is 1. The monoisotopic (exact) mass is 418 g/mol. The van der Waals surface area contributed by atoms with Gasteiger partial charge in [0.1, 0.15) is 0 Å². The van der Waals surface area contributed by atoms with Gasteiger partial charge in [0.2, 0.25) is 0 Å². The fourth-order valence-corrected chi connectivity index (χ4v) is 3.00. The summed E-state index contributed by atoms with van der Waals surface area (Å²) in [5.74, 6) is -0.552. The number of nitro groups is 1. The summed E-state index contributed by atoms with van der Waals surface area (Å²) in [4.78, 5) is 22.8. The van der Waals surface area contributed by atoms with Crippen molar-refractivity contribution in [2.45, 2.75) is 26.6 Å². The van der Waals surface area contributed by atoms with Crippen molar-refractivity contribution in [3.8, 4) is 0 Å². The second-order valence-corrected chi connectivity index (χ2v) is 6.66. The molecule has 1 aromatic heterocycles. The summed E-state index contributed by atoms with van der Waals surface area (Å²) in [6, 6.07) is 10.2. The number of rotatable bonds is 5. The highest BCUT2D eigenvalue weighted by molar-refractivity contribution is 6.05. The number of benzene rings is 2. The highest BCUT2D eigenvalue weighted by Crippen LogP contribution is 2.30. The molecule has 0 aliphatic rings. The smallest absolute Gasteiger partial charge is 0.319 e. The molecule has 0 spiro atoms. The molecule has 1 amide bonds. The van der Waals surface area contributed by atoms with Crippen LogP contribution in [0.2, 0.25) is 0 Å². The third-order valence-corrected chi connectivity index (χ3v) is 4.53. The number of alkyl halides is 3. The molecule has 0 saturated heterocycles. The summed E-state index contributed by atoms with van der Waals surface area (Å²) in [6.45, 7) is 3.42. The molecule has 0 saturated carbocycles. The molecule has 1 heterocycles. The molecule has 0 bridgehead atoms. The number of aromatic nitrogens is 2. The average Bonchev–Trinajstić information content (AvgIpc) is 2.95. The number of nitrogens with zero attached hydrogens (tertiary/aromatic N) is 3. The molecule has 0 aliphatic carbocycles. The zero-order valence-electron chi connectivity index (χ0n) is 16.0. The van der Waals surface area contributed by atoms with Gasteiger partial charge >= 0.3 is 6.18 Å². The summed E-state index contributed by atoms with van der Waals surface area (Å²) in [7, 11) is 0. The minimum absolute atomic E-state index is 0.0866. The molecule has 0 radical (unpaired) electrons. The molecule has 30 heavy (non-hydrogen) atoms. The lowest BCUT2D eigenvalue weighted by Gasteiger charge is -2.10. The maximum Gasteiger partial charge on any atom is 0.416 e. The topological polar surface area (TPSA) is 90.1 Å². The lowest BCUT2D eigenvalue weighted by molar-refractivity contribution is -0.384. The Labute approximate surface area is 169 Å². The molecule has 0 aliphatic heterocycles. The number of aryl methyl sites for hydroxylation is 1. The van der Waals surface area contributed by atoms with Crippen LogP contribution in [0.25, 0.3) is 0 Å². The second-order valence-electron chi connectivity index (χ2n) is 6.66. The predicted octanol–water partition coefficient (Wildman–Crippen LogP) is 4.73. The summed E-state index contributed by atoms with van der Waals surface area (Å²) >= 11 is 0.